The predicted octanol–water partition coefficient (Wildman–Crippen LogP) is 2.04. The van der Waals surface area contributed by atoms with E-state index in [1.165, 1.54) is 0 Å². The highest BCUT2D eigenvalue weighted by molar-refractivity contribution is 5.85. The number of aromatic nitrogens is 2. The maximum absolute atomic E-state index is 10.9. The number of hydrogen-bond acceptors (Lipinski definition) is 2. The van der Waals surface area contributed by atoms with E-state index in [0.717, 1.165) is 18.5 Å². The number of rotatable bonds is 3. The Bertz CT molecular complexity index is 364. The van der Waals surface area contributed by atoms with Crippen LogP contribution in [0.15, 0.2) is 6.07 Å². The Kier molecular flexibility index (Phi) is 2.06. The first-order valence-corrected chi connectivity index (χ1v) is 4.92. The zero-order valence-corrected chi connectivity index (χ0v) is 8.40. The largest absolute Gasteiger partial charge is 0.477 e. The van der Waals surface area contributed by atoms with Gasteiger partial charge in [0, 0.05) is 0 Å². The lowest BCUT2D eigenvalue weighted by molar-refractivity contribution is 0.0683. The molecular weight excluding hydrogens is 180 g/mol. The van der Waals surface area contributed by atoms with Gasteiger partial charge in [0.05, 0.1) is 11.7 Å². The molecule has 1 saturated carbocycles. The fourth-order valence-corrected chi connectivity index (χ4v) is 1.45. The smallest absolute Gasteiger partial charge is 0.354 e. The van der Waals surface area contributed by atoms with Gasteiger partial charge in [0.15, 0.2) is 0 Å². The zero-order chi connectivity index (χ0) is 10.3. The average Bonchev–Trinajstić information content (AvgIpc) is 2.83. The van der Waals surface area contributed by atoms with Gasteiger partial charge in [-0.05, 0) is 24.8 Å². The molecule has 0 saturated heterocycles. The van der Waals surface area contributed by atoms with Gasteiger partial charge in [-0.1, -0.05) is 13.8 Å². The minimum atomic E-state index is -0.878. The number of hydrogen-bond donors (Lipinski definition) is 1. The van der Waals surface area contributed by atoms with Gasteiger partial charge in [0.2, 0.25) is 0 Å². The van der Waals surface area contributed by atoms with Gasteiger partial charge in [-0.15, -0.1) is 0 Å². The third-order valence-electron chi connectivity index (χ3n) is 2.46. The normalized spacial score (nSPS) is 16.2. The topological polar surface area (TPSA) is 55.1 Å². The minimum absolute atomic E-state index is 0.285. The lowest BCUT2D eigenvalue weighted by atomic mass is 10.1. The molecule has 2 rings (SSSR count). The Balaban J connectivity index is 2.40. The first-order valence-electron chi connectivity index (χ1n) is 4.92. The Morgan fingerprint density at radius 1 is 1.64 bits per heavy atom. The van der Waals surface area contributed by atoms with Crippen molar-refractivity contribution < 1.29 is 9.90 Å². The average molecular weight is 194 g/mol. The molecule has 1 aromatic rings. The van der Waals surface area contributed by atoms with E-state index in [4.69, 9.17) is 5.11 Å². The van der Waals surface area contributed by atoms with Gasteiger partial charge in [-0.25, -0.2) is 4.79 Å². The number of carbonyl (C=O) groups is 1. The van der Waals surface area contributed by atoms with E-state index in [1.807, 2.05) is 13.8 Å². The molecule has 0 amide bonds. The Hall–Kier alpha value is -1.32. The Labute approximate surface area is 82.5 Å². The Morgan fingerprint density at radius 2 is 2.29 bits per heavy atom. The van der Waals surface area contributed by atoms with E-state index in [-0.39, 0.29) is 5.92 Å². The van der Waals surface area contributed by atoms with E-state index < -0.39 is 5.97 Å². The summed E-state index contributed by atoms with van der Waals surface area (Å²) in [5, 5.41) is 13.3. The molecule has 4 heteroatoms. The van der Waals surface area contributed by atoms with Crippen LogP contribution in [0.25, 0.3) is 0 Å². The summed E-state index contributed by atoms with van der Waals surface area (Å²) in [7, 11) is 0. The fraction of sp³-hybridized carbons (Fsp3) is 0.600. The molecule has 4 nitrogen and oxygen atoms in total. The van der Waals surface area contributed by atoms with Crippen molar-refractivity contribution in [2.45, 2.75) is 38.6 Å². The number of nitrogens with zero attached hydrogens (tertiary/aromatic N) is 2. The molecule has 0 aromatic carbocycles. The summed E-state index contributed by atoms with van der Waals surface area (Å²) < 4.78 is 1.66. The van der Waals surface area contributed by atoms with Crippen LogP contribution in [0, 0.1) is 0 Å². The second kappa shape index (κ2) is 3.12. The quantitative estimate of drug-likeness (QED) is 0.801. The second-order valence-electron chi connectivity index (χ2n) is 4.09. The van der Waals surface area contributed by atoms with Crippen molar-refractivity contribution in [2.24, 2.45) is 0 Å². The third kappa shape index (κ3) is 1.52. The summed E-state index contributed by atoms with van der Waals surface area (Å²) in [6.45, 7) is 4.04. The molecule has 0 atom stereocenters. The lowest BCUT2D eigenvalue weighted by Gasteiger charge is -2.00. The van der Waals surface area contributed by atoms with Gasteiger partial charge >= 0.3 is 5.97 Å². The monoisotopic (exact) mass is 194 g/mol. The maximum Gasteiger partial charge on any atom is 0.354 e. The van der Waals surface area contributed by atoms with Crippen LogP contribution < -0.4 is 0 Å². The molecule has 0 radical (unpaired) electrons. The van der Waals surface area contributed by atoms with Crippen LogP contribution in [0.5, 0.6) is 0 Å². The summed E-state index contributed by atoms with van der Waals surface area (Å²) >= 11 is 0. The molecule has 1 heterocycles. The summed E-state index contributed by atoms with van der Waals surface area (Å²) in [4.78, 5) is 10.9. The Morgan fingerprint density at radius 3 is 2.71 bits per heavy atom. The standard InChI is InChI=1S/C10H14N2O2/c1-6(2)8-5-9(10(13)14)12(11-8)7-3-4-7/h5-7H,3-4H2,1-2H3,(H,13,14). The molecule has 1 N–H and O–H groups in total. The molecule has 0 bridgehead atoms. The number of carboxylic acid groups (broad SMARTS) is 1. The summed E-state index contributed by atoms with van der Waals surface area (Å²) in [5.74, 6) is -0.593. The zero-order valence-electron chi connectivity index (χ0n) is 8.40. The van der Waals surface area contributed by atoms with Crippen LogP contribution in [-0.4, -0.2) is 20.9 Å². The van der Waals surface area contributed by atoms with Crippen molar-refractivity contribution in [3.8, 4) is 0 Å². The highest BCUT2D eigenvalue weighted by Crippen LogP contribution is 2.36. The van der Waals surface area contributed by atoms with E-state index in [0.29, 0.717) is 11.7 Å². The molecule has 1 aromatic heterocycles. The first-order chi connectivity index (χ1) is 6.59. The van der Waals surface area contributed by atoms with Gasteiger partial charge in [0.25, 0.3) is 0 Å². The van der Waals surface area contributed by atoms with Crippen LogP contribution >= 0.6 is 0 Å². The molecule has 1 aliphatic rings. The second-order valence-corrected chi connectivity index (χ2v) is 4.09. The lowest BCUT2D eigenvalue weighted by Crippen LogP contribution is -2.08. The number of carboxylic acids is 1. The fourth-order valence-electron chi connectivity index (χ4n) is 1.45. The van der Waals surface area contributed by atoms with Gasteiger partial charge in [-0.3, -0.25) is 4.68 Å². The SMILES string of the molecule is CC(C)c1cc(C(=O)O)n(C2CC2)n1. The molecule has 1 aliphatic carbocycles. The molecule has 14 heavy (non-hydrogen) atoms. The van der Waals surface area contributed by atoms with E-state index in [9.17, 15) is 4.79 Å². The van der Waals surface area contributed by atoms with Crippen molar-refractivity contribution >= 4 is 5.97 Å². The first kappa shape index (κ1) is 9.24. The van der Waals surface area contributed by atoms with Crippen LogP contribution in [0.4, 0.5) is 0 Å². The van der Waals surface area contributed by atoms with Crippen molar-refractivity contribution in [3.05, 3.63) is 17.5 Å². The summed E-state index contributed by atoms with van der Waals surface area (Å²) in [5.41, 5.74) is 1.20. The summed E-state index contributed by atoms with van der Waals surface area (Å²) in [6, 6.07) is 2.01. The summed E-state index contributed by atoms with van der Waals surface area (Å²) in [6.07, 6.45) is 2.11. The highest BCUT2D eigenvalue weighted by atomic mass is 16.4. The molecule has 76 valence electrons. The third-order valence-corrected chi connectivity index (χ3v) is 2.46. The molecule has 0 spiro atoms. The minimum Gasteiger partial charge on any atom is -0.477 e. The predicted molar refractivity (Wildman–Crippen MR) is 51.5 cm³/mol. The number of aromatic carboxylic acids is 1. The molecule has 0 unspecified atom stereocenters. The van der Waals surface area contributed by atoms with Crippen molar-refractivity contribution in [3.63, 3.8) is 0 Å². The highest BCUT2D eigenvalue weighted by Gasteiger charge is 2.29. The van der Waals surface area contributed by atoms with Gasteiger partial charge in [0.1, 0.15) is 5.69 Å². The van der Waals surface area contributed by atoms with Crippen molar-refractivity contribution in [1.29, 1.82) is 0 Å². The molecule has 0 aliphatic heterocycles. The van der Waals surface area contributed by atoms with Gasteiger partial charge < -0.3 is 5.11 Å². The van der Waals surface area contributed by atoms with Crippen LogP contribution in [0.2, 0.25) is 0 Å². The molecule has 1 fully saturated rings. The van der Waals surface area contributed by atoms with Crippen LogP contribution in [0.3, 0.4) is 0 Å². The van der Waals surface area contributed by atoms with E-state index in [1.54, 1.807) is 10.7 Å². The van der Waals surface area contributed by atoms with E-state index >= 15 is 0 Å². The van der Waals surface area contributed by atoms with E-state index in [2.05, 4.69) is 5.10 Å². The maximum atomic E-state index is 10.9. The van der Waals surface area contributed by atoms with Crippen molar-refractivity contribution in [1.82, 2.24) is 9.78 Å². The molecular formula is C10H14N2O2. The van der Waals surface area contributed by atoms with Gasteiger partial charge in [-0.2, -0.15) is 5.10 Å². The van der Waals surface area contributed by atoms with Crippen LogP contribution in [0.1, 0.15) is 54.8 Å². The van der Waals surface area contributed by atoms with Crippen LogP contribution in [-0.2, 0) is 0 Å². The van der Waals surface area contributed by atoms with Crippen molar-refractivity contribution in [2.75, 3.05) is 0 Å².